The minimum atomic E-state index is -1.04. The molecule has 4 nitrogen and oxygen atoms in total. The van der Waals surface area contributed by atoms with Crippen LogP contribution in [0.4, 0.5) is 10.5 Å². The van der Waals surface area contributed by atoms with Crippen LogP contribution in [0, 0.1) is 0 Å². The molecule has 0 bridgehead atoms. The highest BCUT2D eigenvalue weighted by Crippen LogP contribution is 2.40. The van der Waals surface area contributed by atoms with Gasteiger partial charge in [0.2, 0.25) is 0 Å². The van der Waals surface area contributed by atoms with Gasteiger partial charge in [-0.25, -0.2) is 9.69 Å². The quantitative estimate of drug-likeness (QED) is 0.479. The Balaban J connectivity index is 2.10. The summed E-state index contributed by atoms with van der Waals surface area (Å²) in [5, 5.41) is 0.735. The van der Waals surface area contributed by atoms with Crippen molar-refractivity contribution in [1.29, 1.82) is 0 Å². The maximum absolute atomic E-state index is 13.6. The van der Waals surface area contributed by atoms with Gasteiger partial charge in [-0.3, -0.25) is 4.79 Å². The van der Waals surface area contributed by atoms with Crippen molar-refractivity contribution >= 4 is 56.8 Å². The van der Waals surface area contributed by atoms with Gasteiger partial charge in [0.05, 0.1) is 5.69 Å². The van der Waals surface area contributed by atoms with Crippen molar-refractivity contribution in [2.45, 2.75) is 45.2 Å². The second-order valence-corrected chi connectivity index (χ2v) is 9.92. The Labute approximate surface area is 183 Å². The fraction of sp³-hybridized carbons (Fsp3) is 0.333. The van der Waals surface area contributed by atoms with Crippen molar-refractivity contribution in [2.24, 2.45) is 0 Å². The van der Waals surface area contributed by atoms with Crippen LogP contribution in [0.5, 0.6) is 0 Å². The molecule has 1 aliphatic rings. The average molecular weight is 484 g/mol. The van der Waals surface area contributed by atoms with E-state index in [9.17, 15) is 9.59 Å². The number of urea groups is 1. The largest absolute Gasteiger partial charge is 0.332 e. The minimum Gasteiger partial charge on any atom is -0.304 e. The van der Waals surface area contributed by atoms with E-state index < -0.39 is 11.1 Å². The van der Waals surface area contributed by atoms with Gasteiger partial charge in [-0.05, 0) is 63.6 Å². The molecule has 148 valence electrons. The molecule has 0 saturated carbocycles. The zero-order chi connectivity index (χ0) is 20.9. The van der Waals surface area contributed by atoms with E-state index in [1.165, 1.54) is 4.90 Å². The lowest BCUT2D eigenvalue weighted by Gasteiger charge is -2.41. The first-order valence-corrected chi connectivity index (χ1v) is 10.4. The Hall–Kier alpha value is -1.56. The van der Waals surface area contributed by atoms with Gasteiger partial charge in [0.25, 0.3) is 5.91 Å². The lowest BCUT2D eigenvalue weighted by molar-refractivity contribution is -0.125. The molecule has 2 aromatic rings. The minimum absolute atomic E-state index is 0.298. The zero-order valence-electron chi connectivity index (χ0n) is 16.1. The molecule has 0 radical (unpaired) electrons. The Kier molecular flexibility index (Phi) is 5.56. The molecule has 28 heavy (non-hydrogen) atoms. The molecule has 1 aliphatic heterocycles. The number of amides is 3. The third-order valence-electron chi connectivity index (χ3n) is 4.78. The van der Waals surface area contributed by atoms with Crippen molar-refractivity contribution in [3.63, 3.8) is 0 Å². The first kappa shape index (κ1) is 21.2. The molecule has 1 unspecified atom stereocenters. The molecule has 7 heteroatoms. The molecule has 1 saturated heterocycles. The van der Waals surface area contributed by atoms with Crippen LogP contribution in [0.15, 0.2) is 46.9 Å². The van der Waals surface area contributed by atoms with Crippen molar-refractivity contribution in [1.82, 2.24) is 4.90 Å². The molecule has 3 amide bonds. The summed E-state index contributed by atoms with van der Waals surface area (Å²) in [6.45, 7) is 7.58. The number of hydrogen-bond acceptors (Lipinski definition) is 2. The molecule has 1 heterocycles. The summed E-state index contributed by atoms with van der Waals surface area (Å²) >= 11 is 15.7. The van der Waals surface area contributed by atoms with Crippen LogP contribution >= 0.6 is 39.1 Å². The fourth-order valence-electron chi connectivity index (χ4n) is 3.81. The number of nitrogens with zero attached hydrogens (tertiary/aromatic N) is 2. The molecule has 0 aromatic heterocycles. The van der Waals surface area contributed by atoms with Gasteiger partial charge in [-0.15, -0.1) is 0 Å². The third kappa shape index (κ3) is 3.80. The van der Waals surface area contributed by atoms with Crippen LogP contribution < -0.4 is 4.90 Å². The molecular formula is C21H21BrCl2N2O2. The van der Waals surface area contributed by atoms with Crippen LogP contribution in [0.25, 0.3) is 0 Å². The number of imide groups is 1. The summed E-state index contributed by atoms with van der Waals surface area (Å²) in [4.78, 5) is 29.8. The Morgan fingerprint density at radius 2 is 1.54 bits per heavy atom. The van der Waals surface area contributed by atoms with E-state index in [-0.39, 0.29) is 11.9 Å². The molecule has 3 rings (SSSR count). The molecule has 2 aromatic carbocycles. The topological polar surface area (TPSA) is 40.6 Å². The molecular weight excluding hydrogens is 463 g/mol. The summed E-state index contributed by atoms with van der Waals surface area (Å²) in [5.74, 6) is -0.298. The van der Waals surface area contributed by atoms with Crippen molar-refractivity contribution in [3.8, 4) is 0 Å². The van der Waals surface area contributed by atoms with E-state index in [2.05, 4.69) is 15.9 Å². The molecule has 0 aliphatic carbocycles. The maximum Gasteiger partial charge on any atom is 0.332 e. The lowest BCUT2D eigenvalue weighted by atomic mass is 9.87. The van der Waals surface area contributed by atoms with E-state index >= 15 is 0 Å². The number of rotatable bonds is 3. The van der Waals surface area contributed by atoms with E-state index in [1.54, 1.807) is 23.1 Å². The number of halogens is 3. The van der Waals surface area contributed by atoms with E-state index in [1.807, 2.05) is 52.0 Å². The van der Waals surface area contributed by atoms with Crippen molar-refractivity contribution in [3.05, 3.63) is 62.5 Å². The maximum atomic E-state index is 13.6. The predicted molar refractivity (Wildman–Crippen MR) is 117 cm³/mol. The third-order valence-corrected chi connectivity index (χ3v) is 5.74. The molecule has 0 spiro atoms. The summed E-state index contributed by atoms with van der Waals surface area (Å²) in [7, 11) is 0. The number of hydrogen-bond donors (Lipinski definition) is 0. The van der Waals surface area contributed by atoms with Crippen LogP contribution in [0.1, 0.15) is 33.3 Å². The van der Waals surface area contributed by atoms with Gasteiger partial charge in [0, 0.05) is 26.5 Å². The predicted octanol–water partition coefficient (Wildman–Crippen LogP) is 6.32. The van der Waals surface area contributed by atoms with Gasteiger partial charge in [-0.1, -0.05) is 51.3 Å². The fourth-order valence-corrected chi connectivity index (χ4v) is 4.59. The second kappa shape index (κ2) is 7.36. The van der Waals surface area contributed by atoms with Crippen LogP contribution in [0.2, 0.25) is 10.0 Å². The Bertz CT molecular complexity index is 920. The number of anilines is 1. The average Bonchev–Trinajstić information content (AvgIpc) is 2.74. The Morgan fingerprint density at radius 3 is 2.04 bits per heavy atom. The highest BCUT2D eigenvalue weighted by Gasteiger charge is 2.58. The van der Waals surface area contributed by atoms with E-state index in [0.717, 1.165) is 10.0 Å². The Morgan fingerprint density at radius 1 is 1.00 bits per heavy atom. The first-order valence-electron chi connectivity index (χ1n) is 8.83. The molecule has 1 atom stereocenters. The summed E-state index contributed by atoms with van der Waals surface area (Å²) in [5.41, 5.74) is -0.264. The first-order chi connectivity index (χ1) is 12.9. The van der Waals surface area contributed by atoms with Gasteiger partial charge in [-0.2, -0.15) is 0 Å². The van der Waals surface area contributed by atoms with E-state index in [4.69, 9.17) is 23.2 Å². The number of benzene rings is 2. The highest BCUT2D eigenvalue weighted by atomic mass is 79.9. The van der Waals surface area contributed by atoms with E-state index in [0.29, 0.717) is 22.2 Å². The molecule has 1 fully saturated rings. The standard InChI is InChI=1S/C21H21BrCl2N2O2/c1-20(2,3)26-19(28)25(17-10-15(23)9-16(24)11-17)18(27)21(26,4)12-13-5-7-14(22)8-6-13/h5-11H,12H2,1-4H3. The lowest BCUT2D eigenvalue weighted by Crippen LogP contribution is -2.56. The molecule has 0 N–H and O–H groups in total. The van der Waals surface area contributed by atoms with Gasteiger partial charge in [0.1, 0.15) is 5.54 Å². The van der Waals surface area contributed by atoms with Gasteiger partial charge >= 0.3 is 6.03 Å². The van der Waals surface area contributed by atoms with Gasteiger partial charge in [0.15, 0.2) is 0 Å². The zero-order valence-corrected chi connectivity index (χ0v) is 19.2. The summed E-state index contributed by atoms with van der Waals surface area (Å²) in [6.07, 6.45) is 0.396. The summed E-state index contributed by atoms with van der Waals surface area (Å²) < 4.78 is 0.957. The van der Waals surface area contributed by atoms with Crippen LogP contribution in [-0.4, -0.2) is 27.9 Å². The van der Waals surface area contributed by atoms with Crippen LogP contribution in [-0.2, 0) is 11.2 Å². The summed E-state index contributed by atoms with van der Waals surface area (Å²) in [6, 6.07) is 12.1. The normalized spacial score (nSPS) is 20.2. The van der Waals surface area contributed by atoms with Gasteiger partial charge < -0.3 is 4.90 Å². The monoisotopic (exact) mass is 482 g/mol. The SMILES string of the molecule is CC(C)(C)N1C(=O)N(c2cc(Cl)cc(Cl)c2)C(=O)C1(C)Cc1ccc(Br)cc1. The number of carbonyl (C=O) groups excluding carboxylic acids is 2. The van der Waals surface area contributed by atoms with Crippen LogP contribution in [0.3, 0.4) is 0 Å². The number of carbonyl (C=O) groups is 2. The van der Waals surface area contributed by atoms with Crippen molar-refractivity contribution < 1.29 is 9.59 Å². The second-order valence-electron chi connectivity index (χ2n) is 8.13. The smallest absolute Gasteiger partial charge is 0.304 e. The highest BCUT2D eigenvalue weighted by molar-refractivity contribution is 9.10. The van der Waals surface area contributed by atoms with Crippen molar-refractivity contribution in [2.75, 3.05) is 4.90 Å².